The Hall–Kier alpha value is -2.71. The summed E-state index contributed by atoms with van der Waals surface area (Å²) in [5, 5.41) is 5.57. The minimum Gasteiger partial charge on any atom is -0.347 e. The molecule has 2 aromatic rings. The number of hydrogen-bond acceptors (Lipinski definition) is 4. The third kappa shape index (κ3) is 6.69. The fourth-order valence-electron chi connectivity index (χ4n) is 2.50. The van der Waals surface area contributed by atoms with Crippen molar-refractivity contribution in [3.05, 3.63) is 59.7 Å². The lowest BCUT2D eigenvalue weighted by Gasteiger charge is -2.20. The van der Waals surface area contributed by atoms with Crippen molar-refractivity contribution in [2.75, 3.05) is 5.32 Å². The van der Waals surface area contributed by atoms with Crippen molar-refractivity contribution in [1.82, 2.24) is 10.0 Å². The van der Waals surface area contributed by atoms with Crippen molar-refractivity contribution in [2.24, 2.45) is 0 Å². The molecule has 2 aromatic carbocycles. The predicted octanol–water partition coefficient (Wildman–Crippen LogP) is 3.15. The van der Waals surface area contributed by atoms with Crippen molar-refractivity contribution >= 4 is 27.5 Å². The maximum absolute atomic E-state index is 12.5. The molecule has 0 saturated carbocycles. The van der Waals surface area contributed by atoms with Gasteiger partial charge in [-0.1, -0.05) is 6.07 Å². The van der Waals surface area contributed by atoms with Crippen LogP contribution in [0.2, 0.25) is 0 Å². The van der Waals surface area contributed by atoms with Crippen LogP contribution in [0, 0.1) is 0 Å². The molecule has 8 heteroatoms. The number of benzene rings is 2. The van der Waals surface area contributed by atoms with E-state index < -0.39 is 15.9 Å². The second kappa shape index (κ2) is 8.75. The average molecular weight is 418 g/mol. The number of carbonyl (C=O) groups is 2. The average Bonchev–Trinajstić information content (AvgIpc) is 2.60. The summed E-state index contributed by atoms with van der Waals surface area (Å²) in [6.45, 7) is 9.12. The van der Waals surface area contributed by atoms with E-state index in [4.69, 9.17) is 0 Å². The molecule has 7 nitrogen and oxygen atoms in total. The van der Waals surface area contributed by atoms with E-state index in [1.54, 1.807) is 38.1 Å². The molecule has 0 atom stereocenters. The van der Waals surface area contributed by atoms with Gasteiger partial charge in [-0.25, -0.2) is 13.1 Å². The first-order chi connectivity index (χ1) is 13.4. The smallest absolute Gasteiger partial charge is 0.255 e. The van der Waals surface area contributed by atoms with Crippen LogP contribution in [0.3, 0.4) is 0 Å². The van der Waals surface area contributed by atoms with Crippen LogP contribution in [0.1, 0.15) is 55.3 Å². The molecule has 0 aliphatic rings. The highest BCUT2D eigenvalue weighted by Crippen LogP contribution is 2.16. The van der Waals surface area contributed by atoms with Crippen molar-refractivity contribution in [2.45, 2.75) is 51.1 Å². The molecule has 0 spiro atoms. The van der Waals surface area contributed by atoms with E-state index in [9.17, 15) is 18.0 Å². The number of sulfonamides is 1. The van der Waals surface area contributed by atoms with Gasteiger partial charge in [0.15, 0.2) is 0 Å². The van der Waals surface area contributed by atoms with Gasteiger partial charge in [-0.2, -0.15) is 0 Å². The summed E-state index contributed by atoms with van der Waals surface area (Å²) < 4.78 is 27.1. The van der Waals surface area contributed by atoms with Crippen LogP contribution in [0.25, 0.3) is 0 Å². The minimum atomic E-state index is -3.69. The Bertz CT molecular complexity index is 991. The highest BCUT2D eigenvalue weighted by Gasteiger charge is 2.18. The van der Waals surface area contributed by atoms with E-state index in [0.717, 1.165) is 0 Å². The van der Waals surface area contributed by atoms with Crippen molar-refractivity contribution < 1.29 is 18.0 Å². The summed E-state index contributed by atoms with van der Waals surface area (Å²) in [5.41, 5.74) is 0.840. The van der Waals surface area contributed by atoms with Gasteiger partial charge in [-0.05, 0) is 77.1 Å². The largest absolute Gasteiger partial charge is 0.347 e. The second-order valence-electron chi connectivity index (χ2n) is 8.04. The summed E-state index contributed by atoms with van der Waals surface area (Å²) in [7, 11) is -3.69. The SMILES string of the molecule is CC(C)NS(=O)(=O)c1cccc(C(=O)Nc2ccc(C(=O)NC(C)(C)C)cc2)c1. The third-order valence-electron chi connectivity index (χ3n) is 3.69. The van der Waals surface area contributed by atoms with Crippen LogP contribution in [-0.4, -0.2) is 31.8 Å². The first-order valence-corrected chi connectivity index (χ1v) is 10.7. The molecule has 0 aliphatic heterocycles. The quantitative estimate of drug-likeness (QED) is 0.671. The standard InChI is InChI=1S/C21H27N3O4S/c1-14(2)24-29(27,28)18-8-6-7-16(13-18)19(25)22-17-11-9-15(10-12-17)20(26)23-21(3,4)5/h6-14,24H,1-5H3,(H,22,25)(H,23,26). The number of nitrogens with one attached hydrogen (secondary N) is 3. The maximum Gasteiger partial charge on any atom is 0.255 e. The summed E-state index contributed by atoms with van der Waals surface area (Å²) >= 11 is 0. The molecule has 0 saturated heterocycles. The van der Waals surface area contributed by atoms with E-state index in [1.807, 2.05) is 20.8 Å². The molecule has 156 valence electrons. The monoisotopic (exact) mass is 417 g/mol. The molecule has 0 radical (unpaired) electrons. The van der Waals surface area contributed by atoms with Crippen molar-refractivity contribution in [1.29, 1.82) is 0 Å². The summed E-state index contributed by atoms with van der Waals surface area (Å²) in [4.78, 5) is 24.7. The Morgan fingerprint density at radius 2 is 1.52 bits per heavy atom. The summed E-state index contributed by atoms with van der Waals surface area (Å²) in [6, 6.07) is 12.0. The Labute approximate surface area is 172 Å². The fraction of sp³-hybridized carbons (Fsp3) is 0.333. The normalized spacial score (nSPS) is 11.9. The fourth-order valence-corrected chi connectivity index (χ4v) is 3.80. The number of carbonyl (C=O) groups excluding carboxylic acids is 2. The van der Waals surface area contributed by atoms with Crippen LogP contribution in [-0.2, 0) is 10.0 Å². The van der Waals surface area contributed by atoms with Crippen LogP contribution in [0.5, 0.6) is 0 Å². The Kier molecular flexibility index (Phi) is 6.81. The van der Waals surface area contributed by atoms with E-state index in [1.165, 1.54) is 24.3 Å². The summed E-state index contributed by atoms with van der Waals surface area (Å²) in [5.74, 6) is -0.649. The number of anilines is 1. The van der Waals surface area contributed by atoms with Gasteiger partial charge in [0.05, 0.1) is 4.90 Å². The lowest BCUT2D eigenvalue weighted by molar-refractivity contribution is 0.0919. The van der Waals surface area contributed by atoms with Gasteiger partial charge < -0.3 is 10.6 Å². The second-order valence-corrected chi connectivity index (χ2v) is 9.75. The van der Waals surface area contributed by atoms with E-state index in [0.29, 0.717) is 11.3 Å². The van der Waals surface area contributed by atoms with Crippen molar-refractivity contribution in [3.63, 3.8) is 0 Å². The van der Waals surface area contributed by atoms with Gasteiger partial charge in [-0.3, -0.25) is 9.59 Å². The topological polar surface area (TPSA) is 104 Å². The van der Waals surface area contributed by atoms with Gasteiger partial charge in [0.2, 0.25) is 10.0 Å². The van der Waals surface area contributed by atoms with Gasteiger partial charge >= 0.3 is 0 Å². The van der Waals surface area contributed by atoms with Crippen molar-refractivity contribution in [3.8, 4) is 0 Å². The molecule has 0 heterocycles. The molecule has 0 unspecified atom stereocenters. The molecular formula is C21H27N3O4S. The zero-order chi connectivity index (χ0) is 21.8. The first kappa shape index (κ1) is 22.6. The van der Waals surface area contributed by atoms with Gasteiger partial charge in [0, 0.05) is 28.4 Å². The Balaban J connectivity index is 2.13. The summed E-state index contributed by atoms with van der Waals surface area (Å²) in [6.07, 6.45) is 0. The molecule has 2 amide bonds. The maximum atomic E-state index is 12.5. The van der Waals surface area contributed by atoms with Crippen LogP contribution < -0.4 is 15.4 Å². The number of amides is 2. The lowest BCUT2D eigenvalue weighted by Crippen LogP contribution is -2.40. The Morgan fingerprint density at radius 1 is 0.897 bits per heavy atom. The van der Waals surface area contributed by atoms with Crippen LogP contribution >= 0.6 is 0 Å². The number of hydrogen-bond donors (Lipinski definition) is 3. The molecule has 2 rings (SSSR count). The molecule has 29 heavy (non-hydrogen) atoms. The molecular weight excluding hydrogens is 390 g/mol. The lowest BCUT2D eigenvalue weighted by atomic mass is 10.1. The van der Waals surface area contributed by atoms with Gasteiger partial charge in [-0.15, -0.1) is 0 Å². The molecule has 0 aliphatic carbocycles. The van der Waals surface area contributed by atoms with Gasteiger partial charge in [0.25, 0.3) is 11.8 Å². The van der Waals surface area contributed by atoms with E-state index in [2.05, 4.69) is 15.4 Å². The van der Waals surface area contributed by atoms with E-state index in [-0.39, 0.29) is 27.9 Å². The highest BCUT2D eigenvalue weighted by molar-refractivity contribution is 7.89. The zero-order valence-corrected chi connectivity index (χ0v) is 18.1. The zero-order valence-electron chi connectivity index (χ0n) is 17.2. The Morgan fingerprint density at radius 3 is 2.07 bits per heavy atom. The molecule has 3 N–H and O–H groups in total. The first-order valence-electron chi connectivity index (χ1n) is 9.24. The predicted molar refractivity (Wildman–Crippen MR) is 114 cm³/mol. The van der Waals surface area contributed by atoms with Crippen LogP contribution in [0.15, 0.2) is 53.4 Å². The third-order valence-corrected chi connectivity index (χ3v) is 5.35. The van der Waals surface area contributed by atoms with Crippen LogP contribution in [0.4, 0.5) is 5.69 Å². The molecule has 0 bridgehead atoms. The van der Waals surface area contributed by atoms with Gasteiger partial charge in [0.1, 0.15) is 0 Å². The highest BCUT2D eigenvalue weighted by atomic mass is 32.2. The minimum absolute atomic E-state index is 0.0213. The number of rotatable bonds is 6. The molecule has 0 aromatic heterocycles. The molecule has 0 fully saturated rings. The van der Waals surface area contributed by atoms with E-state index >= 15 is 0 Å².